The average Bonchev–Trinajstić information content (AvgIpc) is 2.39. The van der Waals surface area contributed by atoms with Crippen molar-refractivity contribution in [2.24, 2.45) is 11.8 Å². The topological polar surface area (TPSA) is 62.2 Å². The van der Waals surface area contributed by atoms with E-state index in [1.807, 2.05) is 0 Å². The van der Waals surface area contributed by atoms with Gasteiger partial charge in [0.2, 0.25) is 0 Å². The summed E-state index contributed by atoms with van der Waals surface area (Å²) in [6.45, 7) is 3.14. The minimum Gasteiger partial charge on any atom is -0.478 e. The Morgan fingerprint density at radius 1 is 1.47 bits per heavy atom. The fourth-order valence-corrected chi connectivity index (χ4v) is 2.67. The molecule has 5 heteroatoms. The average molecular weight is 283 g/mol. The van der Waals surface area contributed by atoms with Crippen molar-refractivity contribution < 1.29 is 9.90 Å². The second-order valence-corrected chi connectivity index (χ2v) is 5.77. The van der Waals surface area contributed by atoms with Crippen molar-refractivity contribution in [3.05, 3.63) is 22.8 Å². The summed E-state index contributed by atoms with van der Waals surface area (Å²) in [6.07, 6.45) is 6.40. The standard InChI is InChI=1S/C14H19ClN2O2/c1-9-2-4-10(5-3-9)7-16-13-6-11(14(18)19)12(15)8-17-13/h6,8-10H,2-5,7H2,1H3,(H,16,17)(H,18,19). The third kappa shape index (κ3) is 3.83. The Morgan fingerprint density at radius 3 is 2.79 bits per heavy atom. The predicted octanol–water partition coefficient (Wildman–Crippen LogP) is 3.67. The van der Waals surface area contributed by atoms with Crippen molar-refractivity contribution in [2.45, 2.75) is 32.6 Å². The van der Waals surface area contributed by atoms with Crippen LogP contribution in [0.1, 0.15) is 43.0 Å². The summed E-state index contributed by atoms with van der Waals surface area (Å²) in [6, 6.07) is 1.50. The number of anilines is 1. The molecule has 0 saturated heterocycles. The van der Waals surface area contributed by atoms with Crippen LogP contribution in [0.3, 0.4) is 0 Å². The van der Waals surface area contributed by atoms with Crippen LogP contribution >= 0.6 is 11.6 Å². The summed E-state index contributed by atoms with van der Waals surface area (Å²) in [5.74, 6) is 1.05. The first kappa shape index (κ1) is 14.1. The van der Waals surface area contributed by atoms with Gasteiger partial charge in [0.25, 0.3) is 0 Å². The van der Waals surface area contributed by atoms with Crippen molar-refractivity contribution in [1.82, 2.24) is 4.98 Å². The van der Waals surface area contributed by atoms with Crippen molar-refractivity contribution >= 4 is 23.4 Å². The molecule has 0 spiro atoms. The number of carboxylic acids is 1. The maximum absolute atomic E-state index is 11.0. The van der Waals surface area contributed by atoms with Gasteiger partial charge in [-0.25, -0.2) is 9.78 Å². The Balaban J connectivity index is 1.92. The lowest BCUT2D eigenvalue weighted by atomic mass is 9.83. The van der Waals surface area contributed by atoms with Gasteiger partial charge in [0, 0.05) is 12.7 Å². The molecule has 1 heterocycles. The molecule has 104 valence electrons. The van der Waals surface area contributed by atoms with Gasteiger partial charge in [0.05, 0.1) is 10.6 Å². The van der Waals surface area contributed by atoms with E-state index in [4.69, 9.17) is 16.7 Å². The van der Waals surface area contributed by atoms with Gasteiger partial charge in [-0.1, -0.05) is 31.4 Å². The first-order chi connectivity index (χ1) is 9.06. The van der Waals surface area contributed by atoms with E-state index in [0.717, 1.165) is 12.5 Å². The smallest absolute Gasteiger partial charge is 0.337 e. The highest BCUT2D eigenvalue weighted by molar-refractivity contribution is 6.33. The van der Waals surface area contributed by atoms with Gasteiger partial charge in [0.15, 0.2) is 0 Å². The van der Waals surface area contributed by atoms with Crippen LogP contribution in [0.4, 0.5) is 5.82 Å². The molecule has 1 aliphatic carbocycles. The minimum atomic E-state index is -1.03. The van der Waals surface area contributed by atoms with E-state index in [2.05, 4.69) is 17.2 Å². The molecule has 19 heavy (non-hydrogen) atoms. The molecule has 0 unspecified atom stereocenters. The number of hydrogen-bond donors (Lipinski definition) is 2. The van der Waals surface area contributed by atoms with Crippen LogP contribution in [0.2, 0.25) is 5.02 Å². The molecule has 0 atom stereocenters. The maximum Gasteiger partial charge on any atom is 0.337 e. The number of rotatable bonds is 4. The molecule has 1 fully saturated rings. The van der Waals surface area contributed by atoms with Crippen molar-refractivity contribution in [3.63, 3.8) is 0 Å². The molecule has 0 amide bonds. The van der Waals surface area contributed by atoms with Crippen LogP contribution in [-0.4, -0.2) is 22.6 Å². The van der Waals surface area contributed by atoms with Crippen molar-refractivity contribution in [2.75, 3.05) is 11.9 Å². The van der Waals surface area contributed by atoms with E-state index in [-0.39, 0.29) is 10.6 Å². The van der Waals surface area contributed by atoms with Gasteiger partial charge < -0.3 is 10.4 Å². The van der Waals surface area contributed by atoms with E-state index in [9.17, 15) is 4.79 Å². The van der Waals surface area contributed by atoms with E-state index in [1.54, 1.807) is 0 Å². The summed E-state index contributed by atoms with van der Waals surface area (Å²) < 4.78 is 0. The largest absolute Gasteiger partial charge is 0.478 e. The Kier molecular flexibility index (Phi) is 4.64. The summed E-state index contributed by atoms with van der Waals surface area (Å²) in [5, 5.41) is 12.4. The number of aromatic nitrogens is 1. The molecular formula is C14H19ClN2O2. The zero-order valence-corrected chi connectivity index (χ0v) is 11.8. The van der Waals surface area contributed by atoms with Gasteiger partial charge >= 0.3 is 5.97 Å². The van der Waals surface area contributed by atoms with E-state index in [1.165, 1.54) is 37.9 Å². The van der Waals surface area contributed by atoms with Crippen LogP contribution in [-0.2, 0) is 0 Å². The Hall–Kier alpha value is -1.29. The first-order valence-electron chi connectivity index (χ1n) is 6.69. The second-order valence-electron chi connectivity index (χ2n) is 5.36. The molecule has 1 saturated carbocycles. The SMILES string of the molecule is CC1CCC(CNc2cc(C(=O)O)c(Cl)cn2)CC1. The third-order valence-electron chi connectivity index (χ3n) is 3.79. The highest BCUT2D eigenvalue weighted by Crippen LogP contribution is 2.28. The summed E-state index contributed by atoms with van der Waals surface area (Å²) in [4.78, 5) is 15.1. The molecule has 1 aromatic rings. The molecule has 2 N–H and O–H groups in total. The van der Waals surface area contributed by atoms with E-state index >= 15 is 0 Å². The predicted molar refractivity (Wildman–Crippen MR) is 75.8 cm³/mol. The summed E-state index contributed by atoms with van der Waals surface area (Å²) in [5.41, 5.74) is 0.0939. The molecule has 1 aliphatic rings. The van der Waals surface area contributed by atoms with Gasteiger partial charge in [-0.3, -0.25) is 0 Å². The van der Waals surface area contributed by atoms with Crippen LogP contribution in [0.5, 0.6) is 0 Å². The lowest BCUT2D eigenvalue weighted by Crippen LogP contribution is -2.20. The lowest BCUT2D eigenvalue weighted by molar-refractivity contribution is 0.0697. The number of halogens is 1. The molecule has 4 nitrogen and oxygen atoms in total. The van der Waals surface area contributed by atoms with E-state index < -0.39 is 5.97 Å². The normalized spacial score (nSPS) is 23.1. The van der Waals surface area contributed by atoms with E-state index in [0.29, 0.717) is 11.7 Å². The summed E-state index contributed by atoms with van der Waals surface area (Å²) in [7, 11) is 0. The fourth-order valence-electron chi connectivity index (χ4n) is 2.48. The molecule has 0 aliphatic heterocycles. The molecular weight excluding hydrogens is 264 g/mol. The van der Waals surface area contributed by atoms with Crippen LogP contribution in [0.25, 0.3) is 0 Å². The molecule has 0 bridgehead atoms. The molecule has 0 radical (unpaired) electrons. The third-order valence-corrected chi connectivity index (χ3v) is 4.09. The number of carbonyl (C=O) groups is 1. The Bertz CT molecular complexity index is 457. The number of aromatic carboxylic acids is 1. The van der Waals surface area contributed by atoms with Crippen LogP contribution < -0.4 is 5.32 Å². The number of nitrogens with zero attached hydrogens (tertiary/aromatic N) is 1. The molecule has 1 aromatic heterocycles. The molecule has 0 aromatic carbocycles. The quantitative estimate of drug-likeness (QED) is 0.884. The highest BCUT2D eigenvalue weighted by atomic mass is 35.5. The van der Waals surface area contributed by atoms with Gasteiger partial charge in [-0.15, -0.1) is 0 Å². The maximum atomic E-state index is 11.0. The van der Waals surface area contributed by atoms with Gasteiger partial charge in [-0.05, 0) is 30.7 Å². The van der Waals surface area contributed by atoms with Gasteiger partial charge in [0.1, 0.15) is 5.82 Å². The van der Waals surface area contributed by atoms with Crippen molar-refractivity contribution in [1.29, 1.82) is 0 Å². The zero-order valence-electron chi connectivity index (χ0n) is 11.0. The Labute approximate surface area is 118 Å². The first-order valence-corrected chi connectivity index (χ1v) is 7.06. The lowest BCUT2D eigenvalue weighted by Gasteiger charge is -2.26. The summed E-state index contributed by atoms with van der Waals surface area (Å²) >= 11 is 5.78. The Morgan fingerprint density at radius 2 is 2.16 bits per heavy atom. The van der Waals surface area contributed by atoms with Crippen molar-refractivity contribution in [3.8, 4) is 0 Å². The highest BCUT2D eigenvalue weighted by Gasteiger charge is 2.18. The zero-order chi connectivity index (χ0) is 13.8. The number of carboxylic acid groups (broad SMARTS) is 1. The second kappa shape index (κ2) is 6.24. The number of hydrogen-bond acceptors (Lipinski definition) is 3. The molecule has 2 rings (SSSR count). The fraction of sp³-hybridized carbons (Fsp3) is 0.571. The monoisotopic (exact) mass is 282 g/mol. The van der Waals surface area contributed by atoms with Crippen LogP contribution in [0, 0.1) is 11.8 Å². The minimum absolute atomic E-state index is 0.0939. The number of nitrogens with one attached hydrogen (secondary N) is 1. The van der Waals surface area contributed by atoms with Gasteiger partial charge in [-0.2, -0.15) is 0 Å². The number of pyridine rings is 1. The van der Waals surface area contributed by atoms with Crippen LogP contribution in [0.15, 0.2) is 12.3 Å².